The number of piperazine rings is 1. The minimum Gasteiger partial charge on any atom is -0.444 e. The summed E-state index contributed by atoms with van der Waals surface area (Å²) in [4.78, 5) is 16.0. The van der Waals surface area contributed by atoms with Crippen LogP contribution in [-0.2, 0) is 9.47 Å². The first-order chi connectivity index (χ1) is 11.3. The quantitative estimate of drug-likeness (QED) is 0.772. The van der Waals surface area contributed by atoms with Gasteiger partial charge in [-0.15, -0.1) is 0 Å². The lowest BCUT2D eigenvalue weighted by molar-refractivity contribution is -0.0673. The van der Waals surface area contributed by atoms with Gasteiger partial charge in [-0.2, -0.15) is 0 Å². The fourth-order valence-corrected chi connectivity index (χ4v) is 2.69. The van der Waals surface area contributed by atoms with Crippen molar-refractivity contribution in [2.75, 3.05) is 32.8 Å². The Bertz CT molecular complexity index is 428. The molecule has 0 bridgehead atoms. The van der Waals surface area contributed by atoms with Crippen molar-refractivity contribution in [2.45, 2.75) is 77.9 Å². The van der Waals surface area contributed by atoms with Gasteiger partial charge in [0.15, 0.2) is 0 Å². The molecule has 148 valence electrons. The minimum absolute atomic E-state index is 0.259. The summed E-state index contributed by atoms with van der Waals surface area (Å²) in [7, 11) is 0. The summed E-state index contributed by atoms with van der Waals surface area (Å²) in [5.74, 6) is 0. The molecule has 0 spiro atoms. The van der Waals surface area contributed by atoms with E-state index < -0.39 is 23.9 Å². The van der Waals surface area contributed by atoms with Gasteiger partial charge in [0.2, 0.25) is 0 Å². The van der Waals surface area contributed by atoms with Crippen molar-refractivity contribution in [3.05, 3.63) is 0 Å². The number of aliphatic hydroxyl groups is 2. The van der Waals surface area contributed by atoms with Crippen LogP contribution in [0.4, 0.5) is 4.79 Å². The van der Waals surface area contributed by atoms with Crippen molar-refractivity contribution in [1.82, 2.24) is 9.80 Å². The predicted octanol–water partition coefficient (Wildman–Crippen LogP) is 1.46. The number of rotatable bonds is 5. The molecule has 1 fully saturated rings. The van der Waals surface area contributed by atoms with Crippen LogP contribution in [0.3, 0.4) is 0 Å². The van der Waals surface area contributed by atoms with Crippen molar-refractivity contribution >= 4 is 6.09 Å². The van der Waals surface area contributed by atoms with Gasteiger partial charge in [0, 0.05) is 26.2 Å². The van der Waals surface area contributed by atoms with E-state index in [-0.39, 0.29) is 18.2 Å². The van der Waals surface area contributed by atoms with E-state index in [1.165, 1.54) is 0 Å². The first-order valence-electron chi connectivity index (χ1n) is 9.00. The van der Waals surface area contributed by atoms with Gasteiger partial charge >= 0.3 is 6.09 Å². The molecule has 0 saturated carbocycles. The highest BCUT2D eigenvalue weighted by molar-refractivity contribution is 5.68. The normalized spacial score (nSPS) is 22.6. The van der Waals surface area contributed by atoms with Gasteiger partial charge in [0.25, 0.3) is 0 Å². The van der Waals surface area contributed by atoms with E-state index in [0.29, 0.717) is 26.2 Å². The van der Waals surface area contributed by atoms with Crippen LogP contribution in [0.25, 0.3) is 0 Å². The fraction of sp³-hybridized carbons (Fsp3) is 0.944. The Kier molecular flexibility index (Phi) is 7.68. The molecule has 2 N–H and O–H groups in total. The smallest absolute Gasteiger partial charge is 0.410 e. The summed E-state index contributed by atoms with van der Waals surface area (Å²) in [5, 5.41) is 20.3. The Morgan fingerprint density at radius 3 is 2.20 bits per heavy atom. The molecule has 3 atom stereocenters. The van der Waals surface area contributed by atoms with Crippen molar-refractivity contribution < 1.29 is 24.5 Å². The Hall–Kier alpha value is -0.890. The number of nitrogens with zero attached hydrogens (tertiary/aromatic N) is 2. The highest BCUT2D eigenvalue weighted by atomic mass is 16.6. The van der Waals surface area contributed by atoms with Crippen LogP contribution in [0, 0.1) is 0 Å². The van der Waals surface area contributed by atoms with E-state index >= 15 is 0 Å². The van der Waals surface area contributed by atoms with Crippen LogP contribution in [0.15, 0.2) is 0 Å². The van der Waals surface area contributed by atoms with Crippen LogP contribution < -0.4 is 0 Å². The van der Waals surface area contributed by atoms with Crippen LogP contribution in [0.2, 0.25) is 0 Å². The number of hydrogen-bond donors (Lipinski definition) is 2. The summed E-state index contributed by atoms with van der Waals surface area (Å²) < 4.78 is 11.0. The number of carbonyl (C=O) groups is 1. The molecule has 1 amide bonds. The molecule has 0 aromatic rings. The second kappa shape index (κ2) is 8.66. The first-order valence-corrected chi connectivity index (χ1v) is 9.00. The van der Waals surface area contributed by atoms with Crippen LogP contribution >= 0.6 is 0 Å². The molecule has 1 aliphatic heterocycles. The largest absolute Gasteiger partial charge is 0.444 e. The van der Waals surface area contributed by atoms with Gasteiger partial charge in [-0.1, -0.05) is 0 Å². The maximum atomic E-state index is 12.4. The molecule has 1 saturated heterocycles. The highest BCUT2D eigenvalue weighted by Gasteiger charge is 2.36. The van der Waals surface area contributed by atoms with Crippen molar-refractivity contribution in [3.8, 4) is 0 Å². The average molecular weight is 360 g/mol. The Labute approximate surface area is 151 Å². The lowest BCUT2D eigenvalue weighted by atomic mass is 10.1. The van der Waals surface area contributed by atoms with E-state index in [2.05, 4.69) is 4.90 Å². The van der Waals surface area contributed by atoms with Crippen LogP contribution in [0.5, 0.6) is 0 Å². The third kappa shape index (κ3) is 8.35. The first kappa shape index (κ1) is 22.2. The molecule has 1 rings (SSSR count). The summed E-state index contributed by atoms with van der Waals surface area (Å²) in [5.41, 5.74) is -0.865. The van der Waals surface area contributed by atoms with Crippen molar-refractivity contribution in [3.63, 3.8) is 0 Å². The summed E-state index contributed by atoms with van der Waals surface area (Å²) in [6.45, 7) is 15.3. The molecule has 1 unspecified atom stereocenters. The highest BCUT2D eigenvalue weighted by Crippen LogP contribution is 2.18. The number of hydrogen-bond acceptors (Lipinski definition) is 6. The van der Waals surface area contributed by atoms with E-state index in [1.54, 1.807) is 11.8 Å². The predicted molar refractivity (Wildman–Crippen MR) is 96.6 cm³/mol. The molecule has 7 nitrogen and oxygen atoms in total. The number of aliphatic hydroxyl groups excluding tert-OH is 2. The Morgan fingerprint density at radius 1 is 1.12 bits per heavy atom. The Morgan fingerprint density at radius 2 is 1.72 bits per heavy atom. The van der Waals surface area contributed by atoms with Gasteiger partial charge in [0.05, 0.1) is 30.5 Å². The molecule has 25 heavy (non-hydrogen) atoms. The molecule has 0 aliphatic carbocycles. The summed E-state index contributed by atoms with van der Waals surface area (Å²) in [6.07, 6.45) is -1.70. The van der Waals surface area contributed by atoms with E-state index in [0.717, 1.165) is 0 Å². The molecule has 7 heteroatoms. The van der Waals surface area contributed by atoms with Crippen molar-refractivity contribution in [1.29, 1.82) is 0 Å². The molecular weight excluding hydrogens is 324 g/mol. The van der Waals surface area contributed by atoms with E-state index in [1.807, 2.05) is 41.5 Å². The molecule has 0 aromatic carbocycles. The molecule has 0 aromatic heterocycles. The maximum Gasteiger partial charge on any atom is 0.410 e. The standard InChI is InChI=1S/C18H36N2O5/c1-13(21)15-11-19(10-14(22)12-24-17(2,3)4)8-9-20(15)16(23)25-18(5,6)7/h13-15,21-22H,8-12H2,1-7H3/t13-,14?,15+/m1/s1. The SMILES string of the molecule is C[C@@H](O)[C@@H]1CN(CC(O)COC(C)(C)C)CCN1C(=O)OC(C)(C)C. The van der Waals surface area contributed by atoms with Gasteiger partial charge in [-0.25, -0.2) is 4.79 Å². The third-order valence-corrected chi connectivity index (χ3v) is 3.87. The van der Waals surface area contributed by atoms with Crippen LogP contribution in [-0.4, -0.2) is 88.3 Å². The van der Waals surface area contributed by atoms with E-state index in [9.17, 15) is 15.0 Å². The van der Waals surface area contributed by atoms with Gasteiger partial charge in [-0.05, 0) is 48.5 Å². The lowest BCUT2D eigenvalue weighted by Gasteiger charge is -2.43. The van der Waals surface area contributed by atoms with Gasteiger partial charge < -0.3 is 24.6 Å². The third-order valence-electron chi connectivity index (χ3n) is 3.87. The average Bonchev–Trinajstić information content (AvgIpc) is 2.42. The fourth-order valence-electron chi connectivity index (χ4n) is 2.69. The van der Waals surface area contributed by atoms with Gasteiger partial charge in [0.1, 0.15) is 5.60 Å². The zero-order valence-electron chi connectivity index (χ0n) is 16.8. The number of carbonyl (C=O) groups excluding carboxylic acids is 1. The Balaban J connectivity index is 2.61. The molecular formula is C18H36N2O5. The number of ether oxygens (including phenoxy) is 2. The van der Waals surface area contributed by atoms with E-state index in [4.69, 9.17) is 9.47 Å². The zero-order valence-corrected chi connectivity index (χ0v) is 16.8. The monoisotopic (exact) mass is 360 g/mol. The molecule has 1 aliphatic rings. The van der Waals surface area contributed by atoms with Gasteiger partial charge in [-0.3, -0.25) is 4.90 Å². The summed E-state index contributed by atoms with van der Waals surface area (Å²) >= 11 is 0. The second-order valence-corrected chi connectivity index (χ2v) is 8.82. The number of amides is 1. The number of β-amino-alcohol motifs (C(OH)–C–C–N with tert-alkyl or cyclic N) is 1. The summed E-state index contributed by atoms with van der Waals surface area (Å²) in [6, 6.07) is -0.362. The maximum absolute atomic E-state index is 12.4. The minimum atomic E-state index is -0.682. The second-order valence-electron chi connectivity index (χ2n) is 8.82. The molecule has 0 radical (unpaired) electrons. The van der Waals surface area contributed by atoms with Crippen LogP contribution in [0.1, 0.15) is 48.5 Å². The molecule has 1 heterocycles. The lowest BCUT2D eigenvalue weighted by Crippen LogP contribution is -2.60. The zero-order chi connectivity index (χ0) is 19.4. The topological polar surface area (TPSA) is 82.5 Å². The van der Waals surface area contributed by atoms with Crippen molar-refractivity contribution in [2.24, 2.45) is 0 Å².